The first-order valence-electron chi connectivity index (χ1n) is 12.1. The van der Waals surface area contributed by atoms with Crippen molar-refractivity contribution in [1.82, 2.24) is 20.0 Å². The molecule has 1 unspecified atom stereocenters. The van der Waals surface area contributed by atoms with Gasteiger partial charge in [0.1, 0.15) is 11.1 Å². The fourth-order valence-corrected chi connectivity index (χ4v) is 6.21. The SMILES string of the molecule is O=C1CC(c2ccc(C[C@H](NC(=O)C3(OC(=O)C(F)(F)F)CCC3)c3nc4ccccc4[nH]3)cc2)S(O)(O)N1. The van der Waals surface area contributed by atoms with Crippen molar-refractivity contribution in [2.45, 2.75) is 55.2 Å². The third-order valence-electron chi connectivity index (χ3n) is 6.96. The lowest BCUT2D eigenvalue weighted by Crippen LogP contribution is -2.56. The molecule has 39 heavy (non-hydrogen) atoms. The number of halogens is 3. The fourth-order valence-electron chi connectivity index (χ4n) is 4.73. The van der Waals surface area contributed by atoms with Crippen LogP contribution in [0.25, 0.3) is 11.0 Å². The van der Waals surface area contributed by atoms with Crippen LogP contribution in [0.15, 0.2) is 48.5 Å². The quantitative estimate of drug-likeness (QED) is 0.268. The van der Waals surface area contributed by atoms with Gasteiger partial charge in [-0.1, -0.05) is 36.4 Å². The third-order valence-corrected chi connectivity index (χ3v) is 8.72. The van der Waals surface area contributed by atoms with Gasteiger partial charge >= 0.3 is 12.1 Å². The molecule has 10 nitrogen and oxygen atoms in total. The van der Waals surface area contributed by atoms with Crippen LogP contribution in [-0.4, -0.2) is 48.6 Å². The molecule has 1 aliphatic heterocycles. The zero-order valence-electron chi connectivity index (χ0n) is 20.3. The Balaban J connectivity index is 1.40. The van der Waals surface area contributed by atoms with E-state index in [1.807, 2.05) is 0 Å². The van der Waals surface area contributed by atoms with Gasteiger partial charge in [-0.15, -0.1) is 10.8 Å². The Morgan fingerprint density at radius 2 is 1.85 bits per heavy atom. The number of H-pyrrole nitrogens is 1. The lowest BCUT2D eigenvalue weighted by atomic mass is 9.79. The highest BCUT2D eigenvalue weighted by molar-refractivity contribution is 8.23. The molecule has 2 atom stereocenters. The summed E-state index contributed by atoms with van der Waals surface area (Å²) < 4.78 is 65.8. The van der Waals surface area contributed by atoms with Crippen LogP contribution in [0, 0.1) is 0 Å². The number of aromatic nitrogens is 2. The van der Waals surface area contributed by atoms with Crippen LogP contribution in [0.1, 0.15) is 53.9 Å². The van der Waals surface area contributed by atoms with Crippen molar-refractivity contribution in [3.8, 4) is 0 Å². The molecule has 14 heteroatoms. The first-order valence-corrected chi connectivity index (χ1v) is 13.7. The minimum atomic E-state index is -5.23. The molecule has 0 radical (unpaired) electrons. The smallest absolute Gasteiger partial charge is 0.442 e. The fraction of sp³-hybridized carbons (Fsp3) is 0.360. The van der Waals surface area contributed by atoms with Gasteiger partial charge < -0.3 is 15.0 Å². The highest BCUT2D eigenvalue weighted by Gasteiger charge is 2.53. The number of carbonyl (C=O) groups is 3. The van der Waals surface area contributed by atoms with Gasteiger partial charge in [-0.3, -0.25) is 23.4 Å². The number of fused-ring (bicyclic) bond motifs is 1. The summed E-state index contributed by atoms with van der Waals surface area (Å²) in [5.41, 5.74) is 0.610. The van der Waals surface area contributed by atoms with Crippen LogP contribution in [0.4, 0.5) is 13.2 Å². The van der Waals surface area contributed by atoms with Gasteiger partial charge in [0.05, 0.1) is 23.5 Å². The summed E-state index contributed by atoms with van der Waals surface area (Å²) >= 11 is 0. The number of alkyl halides is 3. The molecule has 2 amide bonds. The summed E-state index contributed by atoms with van der Waals surface area (Å²) in [4.78, 5) is 44.1. The number of nitrogens with zero attached hydrogens (tertiary/aromatic N) is 1. The number of esters is 1. The molecule has 1 aliphatic carbocycles. The maximum atomic E-state index is 13.2. The van der Waals surface area contributed by atoms with Crippen LogP contribution in [0.2, 0.25) is 0 Å². The molecular weight excluding hydrogens is 541 g/mol. The molecule has 1 aromatic heterocycles. The minimum absolute atomic E-state index is 0.0389. The average Bonchev–Trinajstić information content (AvgIpc) is 3.39. The molecule has 1 saturated carbocycles. The Hall–Kier alpha value is -3.62. The van der Waals surface area contributed by atoms with Crippen LogP contribution in [0.3, 0.4) is 0 Å². The van der Waals surface area contributed by atoms with Crippen molar-refractivity contribution >= 4 is 39.6 Å². The second-order valence-electron chi connectivity index (χ2n) is 9.66. The molecule has 2 heterocycles. The highest BCUT2D eigenvalue weighted by Crippen LogP contribution is 2.56. The first kappa shape index (κ1) is 27.0. The van der Waals surface area contributed by atoms with Gasteiger partial charge in [0.25, 0.3) is 5.91 Å². The second-order valence-corrected chi connectivity index (χ2v) is 11.6. The molecule has 208 valence electrons. The van der Waals surface area contributed by atoms with Crippen LogP contribution >= 0.6 is 10.8 Å². The number of imidazole rings is 1. The van der Waals surface area contributed by atoms with Crippen molar-refractivity contribution < 1.29 is 41.4 Å². The first-order chi connectivity index (χ1) is 18.4. The van der Waals surface area contributed by atoms with Crippen molar-refractivity contribution in [2.24, 2.45) is 0 Å². The lowest BCUT2D eigenvalue weighted by Gasteiger charge is -2.40. The molecule has 1 saturated heterocycles. The van der Waals surface area contributed by atoms with Crippen molar-refractivity contribution in [1.29, 1.82) is 0 Å². The van der Waals surface area contributed by atoms with E-state index in [-0.39, 0.29) is 25.7 Å². The topological polar surface area (TPSA) is 154 Å². The molecule has 2 fully saturated rings. The largest absolute Gasteiger partial charge is 0.490 e. The number of carbonyl (C=O) groups excluding carboxylic acids is 3. The monoisotopic (exact) mass is 566 g/mol. The molecule has 0 spiro atoms. The Morgan fingerprint density at radius 1 is 1.15 bits per heavy atom. The van der Waals surface area contributed by atoms with Gasteiger partial charge in [-0.2, -0.15) is 13.2 Å². The highest BCUT2D eigenvalue weighted by atomic mass is 32.3. The van der Waals surface area contributed by atoms with E-state index in [0.717, 1.165) is 0 Å². The van der Waals surface area contributed by atoms with Gasteiger partial charge in [0, 0.05) is 0 Å². The number of ether oxygens (including phenoxy) is 1. The van der Waals surface area contributed by atoms with E-state index in [9.17, 15) is 36.7 Å². The number of hydrogen-bond acceptors (Lipinski definition) is 7. The molecule has 2 aliphatic rings. The Kier molecular flexibility index (Phi) is 6.81. The van der Waals surface area contributed by atoms with Crippen LogP contribution in [-0.2, 0) is 25.5 Å². The van der Waals surface area contributed by atoms with E-state index < -0.39 is 51.6 Å². The van der Waals surface area contributed by atoms with Gasteiger partial charge in [-0.25, -0.2) is 9.78 Å². The molecular formula is C25H25F3N4O6S. The zero-order valence-corrected chi connectivity index (χ0v) is 21.1. The van der Waals surface area contributed by atoms with E-state index in [4.69, 9.17) is 0 Å². The molecule has 3 aromatic rings. The summed E-state index contributed by atoms with van der Waals surface area (Å²) in [6.45, 7) is 0. The maximum absolute atomic E-state index is 13.2. The second kappa shape index (κ2) is 9.84. The molecule has 2 aromatic carbocycles. The lowest BCUT2D eigenvalue weighted by molar-refractivity contribution is -0.221. The Morgan fingerprint density at radius 3 is 2.41 bits per heavy atom. The standard InChI is InChI=1S/C25H25F3N4O6S/c26-25(27,28)23(35)38-24(10-3-11-24)22(34)31-18(21-29-16-4-1-2-5-17(16)30-21)12-14-6-8-15(9-7-14)19-13-20(33)32-39(19,36)37/h1-2,4-9,18-19,36-37H,3,10-13H2,(H,29,30)(H,31,34)(H,32,33)/t18-,19?/m0/s1. The van der Waals surface area contributed by atoms with Crippen molar-refractivity contribution in [3.05, 3.63) is 65.5 Å². The Labute approximate surface area is 221 Å². The maximum Gasteiger partial charge on any atom is 0.490 e. The summed E-state index contributed by atoms with van der Waals surface area (Å²) in [6.07, 6.45) is -4.80. The normalized spacial score (nSPS) is 21.5. The molecule has 5 rings (SSSR count). The van der Waals surface area contributed by atoms with E-state index in [2.05, 4.69) is 24.7 Å². The van der Waals surface area contributed by atoms with Crippen molar-refractivity contribution in [2.75, 3.05) is 0 Å². The van der Waals surface area contributed by atoms with E-state index in [0.29, 0.717) is 34.4 Å². The zero-order chi connectivity index (χ0) is 28.0. The van der Waals surface area contributed by atoms with Crippen LogP contribution in [0.5, 0.6) is 0 Å². The number of nitrogens with one attached hydrogen (secondary N) is 3. The predicted octanol–water partition coefficient (Wildman–Crippen LogP) is 4.22. The van der Waals surface area contributed by atoms with Gasteiger partial charge in [-0.05, 0) is 48.9 Å². The number of rotatable bonds is 7. The van der Waals surface area contributed by atoms with E-state index >= 15 is 0 Å². The Bertz CT molecular complexity index is 1390. The van der Waals surface area contributed by atoms with Crippen molar-refractivity contribution in [3.63, 3.8) is 0 Å². The minimum Gasteiger partial charge on any atom is -0.442 e. The van der Waals surface area contributed by atoms with E-state index in [1.165, 1.54) is 0 Å². The van der Waals surface area contributed by atoms with Crippen LogP contribution < -0.4 is 10.0 Å². The summed E-state index contributed by atoms with van der Waals surface area (Å²) in [6, 6.07) is 13.0. The molecule has 5 N–H and O–H groups in total. The number of aromatic amines is 1. The predicted molar refractivity (Wildman–Crippen MR) is 134 cm³/mol. The number of amides is 2. The van der Waals surface area contributed by atoms with Gasteiger partial charge in [0.15, 0.2) is 5.60 Å². The van der Waals surface area contributed by atoms with E-state index in [1.54, 1.807) is 48.5 Å². The summed E-state index contributed by atoms with van der Waals surface area (Å²) in [7, 11) is -3.33. The average molecular weight is 567 g/mol. The summed E-state index contributed by atoms with van der Waals surface area (Å²) in [5, 5.41) is 1.92. The van der Waals surface area contributed by atoms with Gasteiger partial charge in [0.2, 0.25) is 5.91 Å². The number of benzene rings is 2. The summed E-state index contributed by atoms with van der Waals surface area (Å²) in [5.74, 6) is -3.38. The number of hydrogen-bond donors (Lipinski definition) is 5. The molecule has 0 bridgehead atoms. The third kappa shape index (κ3) is 5.44. The number of para-hydroxylation sites is 2.